The van der Waals surface area contributed by atoms with E-state index < -0.39 is 0 Å². The molecule has 0 bridgehead atoms. The van der Waals surface area contributed by atoms with Crippen LogP contribution in [-0.4, -0.2) is 89.2 Å². The fourth-order valence-electron chi connectivity index (χ4n) is 3.27. The molecule has 130 valence electrons. The maximum absolute atomic E-state index is 12.4. The molecule has 3 aliphatic rings. The number of aromatic nitrogens is 3. The Kier molecular flexibility index (Phi) is 4.19. The number of carbonyl (C=O) groups is 2. The van der Waals surface area contributed by atoms with E-state index in [2.05, 4.69) is 10.3 Å². The molecule has 9 nitrogen and oxygen atoms in total. The van der Waals surface area contributed by atoms with E-state index in [1.165, 1.54) is 0 Å². The molecule has 0 aliphatic carbocycles. The SMILES string of the molecule is O=C(c1cn(C2CN(C(=O)C3CCOC3)C2)nn1)N1CCOCC1. The largest absolute Gasteiger partial charge is 0.381 e. The topological polar surface area (TPSA) is 89.8 Å². The number of morpholine rings is 1. The van der Waals surface area contributed by atoms with Gasteiger partial charge in [0.15, 0.2) is 5.69 Å². The predicted octanol–water partition coefficient (Wildman–Crippen LogP) is -0.830. The molecule has 1 aromatic rings. The molecule has 3 fully saturated rings. The second-order valence-electron chi connectivity index (χ2n) is 6.45. The molecule has 0 spiro atoms. The number of carbonyl (C=O) groups excluding carboxylic acids is 2. The van der Waals surface area contributed by atoms with Crippen molar-refractivity contribution in [3.05, 3.63) is 11.9 Å². The fraction of sp³-hybridized carbons (Fsp3) is 0.733. The Bertz CT molecular complexity index is 615. The Morgan fingerprint density at radius 2 is 1.88 bits per heavy atom. The summed E-state index contributed by atoms with van der Waals surface area (Å²) in [7, 11) is 0. The molecule has 0 N–H and O–H groups in total. The third-order valence-electron chi connectivity index (χ3n) is 4.85. The minimum Gasteiger partial charge on any atom is -0.381 e. The van der Waals surface area contributed by atoms with Crippen molar-refractivity contribution < 1.29 is 19.1 Å². The first-order chi connectivity index (χ1) is 11.7. The first-order valence-electron chi connectivity index (χ1n) is 8.38. The second-order valence-corrected chi connectivity index (χ2v) is 6.45. The summed E-state index contributed by atoms with van der Waals surface area (Å²) in [5, 5.41) is 8.07. The van der Waals surface area contributed by atoms with Gasteiger partial charge in [-0.1, -0.05) is 5.21 Å². The van der Waals surface area contributed by atoms with Crippen LogP contribution in [-0.2, 0) is 14.3 Å². The Hall–Kier alpha value is -2.00. The highest BCUT2D eigenvalue weighted by Gasteiger charge is 2.37. The van der Waals surface area contributed by atoms with Crippen LogP contribution >= 0.6 is 0 Å². The minimum atomic E-state index is -0.111. The zero-order valence-electron chi connectivity index (χ0n) is 13.5. The van der Waals surface area contributed by atoms with Gasteiger partial charge >= 0.3 is 0 Å². The standard InChI is InChI=1S/C15H21N5O4/c21-14(11-1-4-24-10-11)19-7-12(8-19)20-9-13(16-17-20)15(22)18-2-5-23-6-3-18/h9,11-12H,1-8,10H2. The number of hydrogen-bond acceptors (Lipinski definition) is 6. The van der Waals surface area contributed by atoms with Crippen LogP contribution in [0.5, 0.6) is 0 Å². The number of hydrogen-bond donors (Lipinski definition) is 0. The Morgan fingerprint density at radius 3 is 2.58 bits per heavy atom. The van der Waals surface area contributed by atoms with Gasteiger partial charge in [-0.3, -0.25) is 9.59 Å². The van der Waals surface area contributed by atoms with Gasteiger partial charge in [0.2, 0.25) is 5.91 Å². The summed E-state index contributed by atoms with van der Waals surface area (Å²) in [5.74, 6) is 0.0496. The van der Waals surface area contributed by atoms with E-state index >= 15 is 0 Å². The third kappa shape index (κ3) is 2.89. The van der Waals surface area contributed by atoms with Crippen molar-refractivity contribution in [3.63, 3.8) is 0 Å². The van der Waals surface area contributed by atoms with Crippen LogP contribution in [0.3, 0.4) is 0 Å². The highest BCUT2D eigenvalue weighted by molar-refractivity contribution is 5.92. The molecular weight excluding hydrogens is 314 g/mol. The average Bonchev–Trinajstić information content (AvgIpc) is 3.25. The van der Waals surface area contributed by atoms with Gasteiger partial charge < -0.3 is 19.3 Å². The fourth-order valence-corrected chi connectivity index (χ4v) is 3.27. The van der Waals surface area contributed by atoms with Crippen molar-refractivity contribution in [1.82, 2.24) is 24.8 Å². The number of likely N-dealkylation sites (tertiary alicyclic amines) is 1. The summed E-state index contributed by atoms with van der Waals surface area (Å²) < 4.78 is 12.2. The molecule has 0 aromatic carbocycles. The van der Waals surface area contributed by atoms with Crippen LogP contribution in [0.2, 0.25) is 0 Å². The summed E-state index contributed by atoms with van der Waals surface area (Å²) in [4.78, 5) is 28.2. The van der Waals surface area contributed by atoms with E-state index in [0.717, 1.165) is 6.42 Å². The lowest BCUT2D eigenvalue weighted by Crippen LogP contribution is -2.53. The summed E-state index contributed by atoms with van der Waals surface area (Å²) in [6.07, 6.45) is 2.49. The van der Waals surface area contributed by atoms with Crippen LogP contribution in [0.1, 0.15) is 23.0 Å². The zero-order valence-corrected chi connectivity index (χ0v) is 13.5. The van der Waals surface area contributed by atoms with E-state index in [1.54, 1.807) is 15.8 Å². The lowest BCUT2D eigenvalue weighted by molar-refractivity contribution is -0.141. The molecule has 3 aliphatic heterocycles. The molecule has 3 saturated heterocycles. The van der Waals surface area contributed by atoms with E-state index in [9.17, 15) is 9.59 Å². The molecule has 1 unspecified atom stereocenters. The van der Waals surface area contributed by atoms with Crippen LogP contribution < -0.4 is 0 Å². The monoisotopic (exact) mass is 335 g/mol. The number of ether oxygens (including phenoxy) is 2. The maximum Gasteiger partial charge on any atom is 0.276 e. The highest BCUT2D eigenvalue weighted by Crippen LogP contribution is 2.25. The maximum atomic E-state index is 12.4. The van der Waals surface area contributed by atoms with Crippen molar-refractivity contribution >= 4 is 11.8 Å². The molecule has 2 amide bonds. The molecule has 9 heteroatoms. The van der Waals surface area contributed by atoms with Crippen molar-refractivity contribution in [3.8, 4) is 0 Å². The highest BCUT2D eigenvalue weighted by atomic mass is 16.5. The number of nitrogens with zero attached hydrogens (tertiary/aromatic N) is 5. The summed E-state index contributed by atoms with van der Waals surface area (Å²) in [6, 6.07) is 0.0926. The van der Waals surface area contributed by atoms with Crippen molar-refractivity contribution in [2.45, 2.75) is 12.5 Å². The van der Waals surface area contributed by atoms with Crippen molar-refractivity contribution in [2.75, 3.05) is 52.6 Å². The zero-order chi connectivity index (χ0) is 16.5. The Balaban J connectivity index is 1.33. The Morgan fingerprint density at radius 1 is 1.08 bits per heavy atom. The van der Waals surface area contributed by atoms with Gasteiger partial charge in [0, 0.05) is 32.8 Å². The van der Waals surface area contributed by atoms with Crippen LogP contribution in [0.15, 0.2) is 6.20 Å². The molecule has 4 rings (SSSR count). The quantitative estimate of drug-likeness (QED) is 0.716. The van der Waals surface area contributed by atoms with Crippen LogP contribution in [0, 0.1) is 5.92 Å². The van der Waals surface area contributed by atoms with Crippen LogP contribution in [0.25, 0.3) is 0 Å². The van der Waals surface area contributed by atoms with Gasteiger partial charge in [-0.25, -0.2) is 4.68 Å². The lowest BCUT2D eigenvalue weighted by Gasteiger charge is -2.40. The predicted molar refractivity (Wildman–Crippen MR) is 81.3 cm³/mol. The molecule has 24 heavy (non-hydrogen) atoms. The van der Waals surface area contributed by atoms with Gasteiger partial charge in [-0.15, -0.1) is 5.10 Å². The van der Waals surface area contributed by atoms with E-state index in [-0.39, 0.29) is 23.8 Å². The first-order valence-corrected chi connectivity index (χ1v) is 8.38. The van der Waals surface area contributed by atoms with E-state index in [0.29, 0.717) is 58.3 Å². The van der Waals surface area contributed by atoms with Crippen LogP contribution in [0.4, 0.5) is 0 Å². The van der Waals surface area contributed by atoms with Gasteiger partial charge in [0.05, 0.1) is 38.0 Å². The number of rotatable bonds is 3. The summed E-state index contributed by atoms with van der Waals surface area (Å²) in [5.41, 5.74) is 0.353. The van der Waals surface area contributed by atoms with E-state index in [1.807, 2.05) is 4.90 Å². The first kappa shape index (κ1) is 15.5. The minimum absolute atomic E-state index is 0.000144. The lowest BCUT2D eigenvalue weighted by atomic mass is 10.0. The smallest absolute Gasteiger partial charge is 0.276 e. The van der Waals surface area contributed by atoms with Crippen molar-refractivity contribution in [2.24, 2.45) is 5.92 Å². The van der Waals surface area contributed by atoms with Gasteiger partial charge in [0.25, 0.3) is 5.91 Å². The van der Waals surface area contributed by atoms with Gasteiger partial charge in [0.1, 0.15) is 0 Å². The molecule has 0 radical (unpaired) electrons. The molecule has 0 saturated carbocycles. The second kappa shape index (κ2) is 6.48. The molecule has 1 atom stereocenters. The van der Waals surface area contributed by atoms with E-state index in [4.69, 9.17) is 9.47 Å². The van der Waals surface area contributed by atoms with Gasteiger partial charge in [-0.2, -0.15) is 0 Å². The normalized spacial score (nSPS) is 24.9. The summed E-state index contributed by atoms with van der Waals surface area (Å²) in [6.45, 7) is 4.72. The Labute approximate surface area is 139 Å². The molecule has 4 heterocycles. The number of amides is 2. The summed E-state index contributed by atoms with van der Waals surface area (Å²) >= 11 is 0. The van der Waals surface area contributed by atoms with Gasteiger partial charge in [-0.05, 0) is 6.42 Å². The third-order valence-corrected chi connectivity index (χ3v) is 4.85. The molecule has 1 aromatic heterocycles. The average molecular weight is 335 g/mol. The molecular formula is C15H21N5O4. The van der Waals surface area contributed by atoms with Crippen molar-refractivity contribution in [1.29, 1.82) is 0 Å².